The number of nitrogens with one attached hydrogen (secondary N) is 1. The number of thiophene rings is 1. The summed E-state index contributed by atoms with van der Waals surface area (Å²) in [7, 11) is 0. The number of anilines is 1. The van der Waals surface area contributed by atoms with E-state index >= 15 is 0 Å². The Morgan fingerprint density at radius 2 is 2.50 bits per heavy atom. The molecule has 0 unspecified atom stereocenters. The first-order valence-electron chi connectivity index (χ1n) is 3.76. The van der Waals surface area contributed by atoms with Gasteiger partial charge in [0.1, 0.15) is 6.07 Å². The number of nitrogens with two attached hydrogens (primary N) is 1. The molecule has 0 bridgehead atoms. The highest BCUT2D eigenvalue weighted by Crippen LogP contribution is 2.27. The summed E-state index contributed by atoms with van der Waals surface area (Å²) in [5.74, 6) is 5.76. The molecule has 3 N–H and O–H groups in total. The Bertz CT molecular complexity index is 468. The van der Waals surface area contributed by atoms with Crippen LogP contribution in [0.15, 0.2) is 21.9 Å². The Labute approximate surface area is 83.8 Å². The average Bonchev–Trinajstić information content (AvgIpc) is 2.85. The van der Waals surface area contributed by atoms with Gasteiger partial charge in [-0.15, -0.1) is 11.3 Å². The van der Waals surface area contributed by atoms with E-state index in [4.69, 9.17) is 15.5 Å². The first-order valence-corrected chi connectivity index (χ1v) is 4.64. The minimum Gasteiger partial charge on any atom is -0.417 e. The second kappa shape index (κ2) is 3.49. The maximum atomic E-state index is 8.70. The topological polar surface area (TPSA) is 87.9 Å². The summed E-state index contributed by atoms with van der Waals surface area (Å²) >= 11 is 1.48. The molecule has 2 heterocycles. The van der Waals surface area contributed by atoms with Gasteiger partial charge in [-0.05, 0) is 11.4 Å². The van der Waals surface area contributed by atoms with Crippen LogP contribution in [0.5, 0.6) is 0 Å². The Balaban J connectivity index is 2.48. The molecule has 2 rings (SSSR count). The number of oxazole rings is 1. The average molecular weight is 206 g/mol. The second-order valence-electron chi connectivity index (χ2n) is 2.43. The van der Waals surface area contributed by atoms with Gasteiger partial charge < -0.3 is 4.42 Å². The molecule has 5 nitrogen and oxygen atoms in total. The molecular formula is C8H6N4OS. The molecule has 0 amide bonds. The van der Waals surface area contributed by atoms with E-state index in [-0.39, 0.29) is 11.6 Å². The fraction of sp³-hybridized carbons (Fsp3) is 0. The molecule has 0 aliphatic rings. The lowest BCUT2D eigenvalue weighted by Gasteiger charge is -1.89. The third-order valence-corrected chi connectivity index (χ3v) is 2.45. The van der Waals surface area contributed by atoms with E-state index in [1.807, 2.05) is 23.6 Å². The molecule has 2 aromatic rings. The predicted molar refractivity (Wildman–Crippen MR) is 52.3 cm³/mol. The van der Waals surface area contributed by atoms with Crippen molar-refractivity contribution in [3.05, 3.63) is 23.2 Å². The van der Waals surface area contributed by atoms with Gasteiger partial charge in [0.25, 0.3) is 0 Å². The minimum atomic E-state index is 0.163. The van der Waals surface area contributed by atoms with Gasteiger partial charge in [-0.25, -0.2) is 5.84 Å². The Morgan fingerprint density at radius 3 is 3.00 bits per heavy atom. The maximum Gasteiger partial charge on any atom is 0.246 e. The Morgan fingerprint density at radius 1 is 1.64 bits per heavy atom. The van der Waals surface area contributed by atoms with E-state index in [0.29, 0.717) is 5.89 Å². The van der Waals surface area contributed by atoms with Crippen LogP contribution in [-0.4, -0.2) is 4.98 Å². The number of nitrogens with zero attached hydrogens (tertiary/aromatic N) is 2. The van der Waals surface area contributed by atoms with E-state index in [1.54, 1.807) is 0 Å². The highest BCUT2D eigenvalue weighted by molar-refractivity contribution is 7.13. The van der Waals surface area contributed by atoms with Crippen molar-refractivity contribution in [1.29, 1.82) is 5.26 Å². The molecule has 0 saturated heterocycles. The molecule has 0 saturated carbocycles. The molecule has 6 heteroatoms. The van der Waals surface area contributed by atoms with Crippen LogP contribution in [0.2, 0.25) is 0 Å². The van der Waals surface area contributed by atoms with Gasteiger partial charge >= 0.3 is 0 Å². The largest absolute Gasteiger partial charge is 0.417 e. The Hall–Kier alpha value is -1.84. The lowest BCUT2D eigenvalue weighted by atomic mass is 10.4. The second-order valence-corrected chi connectivity index (χ2v) is 3.38. The fourth-order valence-corrected chi connectivity index (χ4v) is 1.65. The van der Waals surface area contributed by atoms with E-state index in [9.17, 15) is 0 Å². The molecular weight excluding hydrogens is 200 g/mol. The van der Waals surface area contributed by atoms with Gasteiger partial charge in [0.05, 0.1) is 4.88 Å². The van der Waals surface area contributed by atoms with Gasteiger partial charge in [0.2, 0.25) is 17.5 Å². The molecule has 0 aromatic carbocycles. The molecule has 2 aromatic heterocycles. The van der Waals surface area contributed by atoms with E-state index in [1.165, 1.54) is 11.3 Å². The lowest BCUT2D eigenvalue weighted by Crippen LogP contribution is -2.06. The molecule has 0 spiro atoms. The van der Waals surface area contributed by atoms with Crippen molar-refractivity contribution in [2.45, 2.75) is 0 Å². The normalized spacial score (nSPS) is 9.71. The van der Waals surface area contributed by atoms with Crippen LogP contribution in [0, 0.1) is 11.3 Å². The SMILES string of the molecule is N#Cc1nc(-c2cccs2)oc1NN. The van der Waals surface area contributed by atoms with Crippen LogP contribution in [-0.2, 0) is 0 Å². The summed E-state index contributed by atoms with van der Waals surface area (Å²) < 4.78 is 5.24. The van der Waals surface area contributed by atoms with Crippen molar-refractivity contribution in [3.63, 3.8) is 0 Å². The molecule has 14 heavy (non-hydrogen) atoms. The standard InChI is InChI=1S/C8H6N4OS/c9-4-5-7(12-10)13-8(11-5)6-2-1-3-14-6/h1-3,12H,10H2. The predicted octanol–water partition coefficient (Wildman–Crippen LogP) is 1.56. The van der Waals surface area contributed by atoms with Crippen molar-refractivity contribution >= 4 is 17.2 Å². The Kier molecular flexibility index (Phi) is 2.18. The van der Waals surface area contributed by atoms with Gasteiger partial charge in [0.15, 0.2) is 0 Å². The first kappa shape index (κ1) is 8.74. The zero-order valence-electron chi connectivity index (χ0n) is 7.02. The van der Waals surface area contributed by atoms with E-state index in [2.05, 4.69) is 10.4 Å². The smallest absolute Gasteiger partial charge is 0.246 e. The number of hydrogen-bond acceptors (Lipinski definition) is 6. The number of aromatic nitrogens is 1. The molecule has 0 atom stereocenters. The zero-order valence-corrected chi connectivity index (χ0v) is 7.84. The number of nitriles is 1. The van der Waals surface area contributed by atoms with Gasteiger partial charge in [0, 0.05) is 0 Å². The summed E-state index contributed by atoms with van der Waals surface area (Å²) in [6.45, 7) is 0. The fourth-order valence-electron chi connectivity index (χ4n) is 0.999. The minimum absolute atomic E-state index is 0.163. The summed E-state index contributed by atoms with van der Waals surface area (Å²) in [5.41, 5.74) is 2.44. The van der Waals surface area contributed by atoms with Crippen molar-refractivity contribution in [2.24, 2.45) is 5.84 Å². The molecule has 0 fully saturated rings. The third kappa shape index (κ3) is 1.35. The summed E-state index contributed by atoms with van der Waals surface area (Å²) in [4.78, 5) is 4.85. The number of hydrazine groups is 1. The zero-order chi connectivity index (χ0) is 9.97. The molecule has 70 valence electrons. The lowest BCUT2D eigenvalue weighted by molar-refractivity contribution is 0.588. The van der Waals surface area contributed by atoms with Crippen LogP contribution < -0.4 is 11.3 Å². The molecule has 0 aliphatic heterocycles. The molecule has 0 aliphatic carbocycles. The van der Waals surface area contributed by atoms with Crippen LogP contribution in [0.4, 0.5) is 5.88 Å². The number of rotatable bonds is 2. The van der Waals surface area contributed by atoms with Gasteiger partial charge in [-0.2, -0.15) is 10.2 Å². The first-order chi connectivity index (χ1) is 6.85. The van der Waals surface area contributed by atoms with Crippen molar-refractivity contribution < 1.29 is 4.42 Å². The monoisotopic (exact) mass is 206 g/mol. The van der Waals surface area contributed by atoms with Crippen molar-refractivity contribution in [3.8, 4) is 16.8 Å². The van der Waals surface area contributed by atoms with E-state index in [0.717, 1.165) is 4.88 Å². The quantitative estimate of drug-likeness (QED) is 0.575. The summed E-state index contributed by atoms with van der Waals surface area (Å²) in [6, 6.07) is 5.63. The summed E-state index contributed by atoms with van der Waals surface area (Å²) in [6.07, 6.45) is 0. The summed E-state index contributed by atoms with van der Waals surface area (Å²) in [5, 5.41) is 10.6. The number of nitrogen functional groups attached to an aromatic ring is 1. The third-order valence-electron chi connectivity index (χ3n) is 1.60. The highest BCUT2D eigenvalue weighted by Gasteiger charge is 2.13. The highest BCUT2D eigenvalue weighted by atomic mass is 32.1. The van der Waals surface area contributed by atoms with Crippen LogP contribution in [0.3, 0.4) is 0 Å². The van der Waals surface area contributed by atoms with Crippen LogP contribution >= 0.6 is 11.3 Å². The van der Waals surface area contributed by atoms with Crippen molar-refractivity contribution in [2.75, 3.05) is 5.43 Å². The van der Waals surface area contributed by atoms with E-state index < -0.39 is 0 Å². The van der Waals surface area contributed by atoms with Crippen LogP contribution in [0.25, 0.3) is 10.8 Å². The number of hydrogen-bond donors (Lipinski definition) is 2. The maximum absolute atomic E-state index is 8.70. The van der Waals surface area contributed by atoms with Crippen LogP contribution in [0.1, 0.15) is 5.69 Å². The van der Waals surface area contributed by atoms with Crippen molar-refractivity contribution in [1.82, 2.24) is 4.98 Å². The van der Waals surface area contributed by atoms with Gasteiger partial charge in [-0.3, -0.25) is 5.43 Å². The van der Waals surface area contributed by atoms with Gasteiger partial charge in [-0.1, -0.05) is 6.07 Å². The molecule has 0 radical (unpaired) electrons.